The number of carbonyl (C=O) groups excluding carboxylic acids is 1. The molecule has 6 heteroatoms. The van der Waals surface area contributed by atoms with E-state index in [1.54, 1.807) is 0 Å². The summed E-state index contributed by atoms with van der Waals surface area (Å²) in [5.74, 6) is 0.710. The minimum absolute atomic E-state index is 0.0860. The van der Waals surface area contributed by atoms with Crippen LogP contribution in [0.5, 0.6) is 0 Å². The highest BCUT2D eigenvalue weighted by Crippen LogP contribution is 2.07. The summed E-state index contributed by atoms with van der Waals surface area (Å²) in [4.78, 5) is 15.4. The highest BCUT2D eigenvalue weighted by atomic mass is 16.5. The summed E-state index contributed by atoms with van der Waals surface area (Å²) < 4.78 is 4.60. The monoisotopic (exact) mass is 224 g/mol. The smallest absolute Gasteiger partial charge is 0.221 e. The van der Waals surface area contributed by atoms with Crippen LogP contribution in [-0.4, -0.2) is 35.2 Å². The zero-order chi connectivity index (χ0) is 11.2. The van der Waals surface area contributed by atoms with E-state index in [2.05, 4.69) is 25.3 Å². The van der Waals surface area contributed by atoms with Crippen molar-refractivity contribution in [3.63, 3.8) is 0 Å². The highest BCUT2D eigenvalue weighted by molar-refractivity contribution is 5.76. The fraction of sp³-hybridized carbons (Fsp3) is 0.700. The number of amides is 1. The Morgan fingerprint density at radius 1 is 1.69 bits per heavy atom. The summed E-state index contributed by atoms with van der Waals surface area (Å²) in [5, 5.41) is 9.80. The Kier molecular flexibility index (Phi) is 3.87. The highest BCUT2D eigenvalue weighted by Gasteiger charge is 2.17. The normalized spacial score (nSPS) is 19.9. The van der Waals surface area contributed by atoms with E-state index < -0.39 is 0 Å². The molecule has 0 saturated carbocycles. The van der Waals surface area contributed by atoms with Gasteiger partial charge in [-0.2, -0.15) is 4.98 Å². The van der Waals surface area contributed by atoms with Crippen LogP contribution in [0.4, 0.5) is 0 Å². The van der Waals surface area contributed by atoms with Crippen LogP contribution in [0.25, 0.3) is 0 Å². The lowest BCUT2D eigenvalue weighted by molar-refractivity contribution is -0.121. The fourth-order valence-corrected chi connectivity index (χ4v) is 1.84. The lowest BCUT2D eigenvalue weighted by Crippen LogP contribution is -2.32. The molecule has 1 fully saturated rings. The van der Waals surface area contributed by atoms with E-state index in [-0.39, 0.29) is 5.91 Å². The molecule has 0 radical (unpaired) electrons. The van der Waals surface area contributed by atoms with Crippen LogP contribution in [0.3, 0.4) is 0 Å². The van der Waals surface area contributed by atoms with E-state index in [0.717, 1.165) is 13.0 Å². The van der Waals surface area contributed by atoms with Gasteiger partial charge in [-0.1, -0.05) is 5.16 Å². The third kappa shape index (κ3) is 3.30. The topological polar surface area (TPSA) is 80.0 Å². The minimum atomic E-state index is 0.0860. The third-order valence-electron chi connectivity index (χ3n) is 2.67. The second kappa shape index (κ2) is 5.60. The van der Waals surface area contributed by atoms with Crippen LogP contribution in [0.1, 0.15) is 25.1 Å². The molecule has 0 bridgehead atoms. The van der Waals surface area contributed by atoms with Crippen molar-refractivity contribution in [2.24, 2.45) is 0 Å². The first-order valence-electron chi connectivity index (χ1n) is 5.60. The predicted molar refractivity (Wildman–Crippen MR) is 56.7 cm³/mol. The van der Waals surface area contributed by atoms with Gasteiger partial charge in [0, 0.05) is 25.4 Å². The molecule has 88 valence electrons. The van der Waals surface area contributed by atoms with Crippen molar-refractivity contribution in [3.8, 4) is 0 Å². The minimum Gasteiger partial charge on any atom is -0.356 e. The number of carbonyl (C=O) groups is 1. The Hall–Kier alpha value is -1.43. The Labute approximate surface area is 93.8 Å². The molecule has 2 rings (SSSR count). The van der Waals surface area contributed by atoms with Crippen molar-refractivity contribution in [2.45, 2.75) is 31.7 Å². The summed E-state index contributed by atoms with van der Waals surface area (Å²) in [6, 6.07) is 0.352. The summed E-state index contributed by atoms with van der Waals surface area (Å²) in [6.45, 7) is 1.59. The van der Waals surface area contributed by atoms with Crippen molar-refractivity contribution < 1.29 is 9.32 Å². The Morgan fingerprint density at radius 3 is 3.31 bits per heavy atom. The van der Waals surface area contributed by atoms with Gasteiger partial charge in [0.1, 0.15) is 0 Å². The summed E-state index contributed by atoms with van der Waals surface area (Å²) in [6.07, 6.45) is 4.73. The summed E-state index contributed by atoms with van der Waals surface area (Å²) >= 11 is 0. The van der Waals surface area contributed by atoms with Crippen LogP contribution < -0.4 is 10.6 Å². The Morgan fingerprint density at radius 2 is 2.62 bits per heavy atom. The number of nitrogens with one attached hydrogen (secondary N) is 2. The van der Waals surface area contributed by atoms with Crippen molar-refractivity contribution in [2.75, 3.05) is 13.1 Å². The van der Waals surface area contributed by atoms with Crippen LogP contribution in [0.2, 0.25) is 0 Å². The van der Waals surface area contributed by atoms with Crippen molar-refractivity contribution >= 4 is 5.91 Å². The lowest BCUT2D eigenvalue weighted by atomic mass is 10.1. The van der Waals surface area contributed by atoms with Gasteiger partial charge in [-0.15, -0.1) is 0 Å². The molecule has 1 aromatic heterocycles. The summed E-state index contributed by atoms with van der Waals surface area (Å²) in [5.41, 5.74) is 0. The van der Waals surface area contributed by atoms with Crippen molar-refractivity contribution in [3.05, 3.63) is 12.2 Å². The lowest BCUT2D eigenvalue weighted by Gasteiger charge is -2.09. The molecule has 1 aliphatic rings. The van der Waals surface area contributed by atoms with E-state index in [4.69, 9.17) is 0 Å². The first-order chi connectivity index (χ1) is 7.84. The first-order valence-corrected chi connectivity index (χ1v) is 5.60. The second-order valence-corrected chi connectivity index (χ2v) is 3.94. The molecule has 1 amide bonds. The van der Waals surface area contributed by atoms with Gasteiger partial charge >= 0.3 is 0 Å². The average Bonchev–Trinajstić information content (AvgIpc) is 2.90. The van der Waals surface area contributed by atoms with Gasteiger partial charge in [0.2, 0.25) is 12.3 Å². The Bertz CT molecular complexity index is 320. The molecule has 1 unspecified atom stereocenters. The number of nitrogens with zero attached hydrogens (tertiary/aromatic N) is 2. The molecule has 0 spiro atoms. The number of hydrogen-bond donors (Lipinski definition) is 2. The average molecular weight is 224 g/mol. The molecule has 0 aromatic carbocycles. The second-order valence-electron chi connectivity index (χ2n) is 3.94. The molecule has 1 saturated heterocycles. The molecular weight excluding hydrogens is 208 g/mol. The number of hydrogen-bond acceptors (Lipinski definition) is 5. The molecule has 2 N–H and O–H groups in total. The van der Waals surface area contributed by atoms with E-state index >= 15 is 0 Å². The Balaban J connectivity index is 1.60. The van der Waals surface area contributed by atoms with E-state index in [0.29, 0.717) is 31.3 Å². The largest absolute Gasteiger partial charge is 0.356 e. The van der Waals surface area contributed by atoms with Gasteiger partial charge in [-0.3, -0.25) is 4.79 Å². The van der Waals surface area contributed by atoms with Crippen molar-refractivity contribution in [1.82, 2.24) is 20.8 Å². The van der Waals surface area contributed by atoms with Gasteiger partial charge in [0.05, 0.1) is 0 Å². The molecule has 1 atom stereocenters. The molecule has 2 heterocycles. The number of aromatic nitrogens is 2. The quantitative estimate of drug-likeness (QED) is 0.728. The maximum atomic E-state index is 11.5. The predicted octanol–water partition coefficient (Wildman–Crippen LogP) is -0.130. The maximum Gasteiger partial charge on any atom is 0.221 e. The van der Waals surface area contributed by atoms with Crippen LogP contribution in [0.15, 0.2) is 10.9 Å². The van der Waals surface area contributed by atoms with Gasteiger partial charge < -0.3 is 15.2 Å². The molecule has 1 aliphatic heterocycles. The first kappa shape index (κ1) is 11.1. The van der Waals surface area contributed by atoms with Crippen LogP contribution in [-0.2, 0) is 11.2 Å². The van der Waals surface area contributed by atoms with Gasteiger partial charge in [-0.05, 0) is 19.4 Å². The molecule has 0 aliphatic carbocycles. The van der Waals surface area contributed by atoms with E-state index in [1.165, 1.54) is 12.8 Å². The number of rotatable bonds is 5. The standard InChI is InChI=1S/C10H16N4O2/c15-10(6-8-2-1-4-11-8)12-5-3-9-13-7-16-14-9/h7-8,11H,1-6H2,(H,12,15). The summed E-state index contributed by atoms with van der Waals surface area (Å²) in [7, 11) is 0. The maximum absolute atomic E-state index is 11.5. The van der Waals surface area contributed by atoms with Crippen LogP contribution >= 0.6 is 0 Å². The zero-order valence-electron chi connectivity index (χ0n) is 9.11. The van der Waals surface area contributed by atoms with Gasteiger partial charge in [0.15, 0.2) is 5.82 Å². The third-order valence-corrected chi connectivity index (χ3v) is 2.67. The SMILES string of the molecule is O=C(CC1CCCN1)NCCc1ncon1. The molecule has 16 heavy (non-hydrogen) atoms. The van der Waals surface area contributed by atoms with Gasteiger partial charge in [-0.25, -0.2) is 0 Å². The van der Waals surface area contributed by atoms with E-state index in [1.807, 2.05) is 0 Å². The fourth-order valence-electron chi connectivity index (χ4n) is 1.84. The molecular formula is C10H16N4O2. The molecule has 1 aromatic rings. The molecule has 6 nitrogen and oxygen atoms in total. The van der Waals surface area contributed by atoms with E-state index in [9.17, 15) is 4.79 Å². The van der Waals surface area contributed by atoms with Gasteiger partial charge in [0.25, 0.3) is 0 Å². The van der Waals surface area contributed by atoms with Crippen LogP contribution in [0, 0.1) is 0 Å². The zero-order valence-corrected chi connectivity index (χ0v) is 9.11. The van der Waals surface area contributed by atoms with Crippen molar-refractivity contribution in [1.29, 1.82) is 0 Å².